The van der Waals surface area contributed by atoms with Gasteiger partial charge in [0.25, 0.3) is 0 Å². The van der Waals surface area contributed by atoms with Crippen LogP contribution >= 0.6 is 0 Å². The normalized spacial score (nSPS) is 10.3. The molecule has 20 heavy (non-hydrogen) atoms. The van der Waals surface area contributed by atoms with Crippen molar-refractivity contribution < 1.29 is 9.53 Å². The second kappa shape index (κ2) is 5.78. The maximum absolute atomic E-state index is 12.4. The Morgan fingerprint density at radius 2 is 1.90 bits per heavy atom. The van der Waals surface area contributed by atoms with E-state index in [0.29, 0.717) is 12.1 Å². The SMILES string of the molecule is COc1cc(C)c(C(=O)Cc2cccc(N)c2)cc1C. The lowest BCUT2D eigenvalue weighted by molar-refractivity contribution is 0.0992. The highest BCUT2D eigenvalue weighted by atomic mass is 16.5. The molecule has 0 bridgehead atoms. The minimum atomic E-state index is 0.0962. The second-order valence-corrected chi connectivity index (χ2v) is 4.98. The molecule has 0 fully saturated rings. The summed E-state index contributed by atoms with van der Waals surface area (Å²) in [6, 6.07) is 11.2. The first-order valence-electron chi connectivity index (χ1n) is 6.54. The van der Waals surface area contributed by atoms with Crippen LogP contribution in [0.15, 0.2) is 36.4 Å². The number of nitrogens with two attached hydrogens (primary N) is 1. The van der Waals surface area contributed by atoms with Crippen LogP contribution in [0.3, 0.4) is 0 Å². The van der Waals surface area contributed by atoms with Crippen LogP contribution in [-0.4, -0.2) is 12.9 Å². The number of carbonyl (C=O) groups excluding carboxylic acids is 1. The van der Waals surface area contributed by atoms with Gasteiger partial charge in [0.05, 0.1) is 7.11 Å². The molecule has 0 aromatic heterocycles. The Balaban J connectivity index is 2.28. The summed E-state index contributed by atoms with van der Waals surface area (Å²) in [5, 5.41) is 0. The van der Waals surface area contributed by atoms with Crippen molar-refractivity contribution in [3.05, 3.63) is 58.7 Å². The fourth-order valence-corrected chi connectivity index (χ4v) is 2.29. The molecule has 0 saturated heterocycles. The standard InChI is InChI=1S/C17H19NO2/c1-11-8-17(20-3)12(2)7-15(11)16(19)10-13-5-4-6-14(18)9-13/h4-9H,10,18H2,1-3H3. The molecule has 0 amide bonds. The molecular weight excluding hydrogens is 250 g/mol. The summed E-state index contributed by atoms with van der Waals surface area (Å²) in [7, 11) is 1.63. The van der Waals surface area contributed by atoms with Crippen molar-refractivity contribution in [2.45, 2.75) is 20.3 Å². The first-order chi connectivity index (χ1) is 9.51. The monoisotopic (exact) mass is 269 g/mol. The van der Waals surface area contributed by atoms with E-state index >= 15 is 0 Å². The minimum Gasteiger partial charge on any atom is -0.496 e. The van der Waals surface area contributed by atoms with Gasteiger partial charge >= 0.3 is 0 Å². The predicted octanol–water partition coefficient (Wildman–Crippen LogP) is 3.32. The number of aryl methyl sites for hydroxylation is 2. The molecule has 104 valence electrons. The number of rotatable bonds is 4. The lowest BCUT2D eigenvalue weighted by Gasteiger charge is -2.11. The number of hydrogen-bond acceptors (Lipinski definition) is 3. The number of nitrogen functional groups attached to an aromatic ring is 1. The number of anilines is 1. The van der Waals surface area contributed by atoms with E-state index in [1.807, 2.05) is 50.2 Å². The van der Waals surface area contributed by atoms with Crippen molar-refractivity contribution in [1.29, 1.82) is 0 Å². The fourth-order valence-electron chi connectivity index (χ4n) is 2.29. The van der Waals surface area contributed by atoms with E-state index in [1.54, 1.807) is 7.11 Å². The third-order valence-electron chi connectivity index (χ3n) is 3.36. The van der Waals surface area contributed by atoms with E-state index in [-0.39, 0.29) is 5.78 Å². The molecular formula is C17H19NO2. The molecule has 0 saturated carbocycles. The molecule has 0 atom stereocenters. The third kappa shape index (κ3) is 2.99. The number of carbonyl (C=O) groups is 1. The third-order valence-corrected chi connectivity index (χ3v) is 3.36. The van der Waals surface area contributed by atoms with Gasteiger partial charge in [-0.3, -0.25) is 4.79 Å². The minimum absolute atomic E-state index is 0.0962. The van der Waals surface area contributed by atoms with Crippen LogP contribution in [0.1, 0.15) is 27.0 Å². The van der Waals surface area contributed by atoms with E-state index in [9.17, 15) is 4.79 Å². The topological polar surface area (TPSA) is 52.3 Å². The molecule has 0 aliphatic heterocycles. The zero-order valence-electron chi connectivity index (χ0n) is 12.1. The summed E-state index contributed by atoms with van der Waals surface area (Å²) < 4.78 is 5.27. The summed E-state index contributed by atoms with van der Waals surface area (Å²) in [6.45, 7) is 3.87. The Bertz CT molecular complexity index is 647. The Kier molecular flexibility index (Phi) is 4.08. The molecule has 3 nitrogen and oxygen atoms in total. The van der Waals surface area contributed by atoms with Crippen LogP contribution in [0.4, 0.5) is 5.69 Å². The average molecular weight is 269 g/mol. The van der Waals surface area contributed by atoms with Crippen molar-refractivity contribution in [2.24, 2.45) is 0 Å². The van der Waals surface area contributed by atoms with Crippen LogP contribution in [-0.2, 0) is 6.42 Å². The van der Waals surface area contributed by atoms with E-state index < -0.39 is 0 Å². The van der Waals surface area contributed by atoms with Crippen LogP contribution in [0.5, 0.6) is 5.75 Å². The molecule has 0 aliphatic rings. The number of ketones is 1. The van der Waals surface area contributed by atoms with E-state index in [1.165, 1.54) is 0 Å². The quantitative estimate of drug-likeness (QED) is 0.684. The van der Waals surface area contributed by atoms with Gasteiger partial charge in [-0.1, -0.05) is 12.1 Å². The number of Topliss-reactive ketones (excluding diaryl/α,β-unsaturated/α-hetero) is 1. The van der Waals surface area contributed by atoms with Crippen LogP contribution in [0.25, 0.3) is 0 Å². The van der Waals surface area contributed by atoms with Crippen molar-refractivity contribution in [1.82, 2.24) is 0 Å². The van der Waals surface area contributed by atoms with Crippen molar-refractivity contribution in [2.75, 3.05) is 12.8 Å². The van der Waals surface area contributed by atoms with E-state index in [0.717, 1.165) is 28.0 Å². The summed E-state index contributed by atoms with van der Waals surface area (Å²) in [6.07, 6.45) is 0.359. The smallest absolute Gasteiger partial charge is 0.167 e. The number of benzene rings is 2. The van der Waals surface area contributed by atoms with Crippen molar-refractivity contribution >= 4 is 11.5 Å². The molecule has 2 aromatic rings. The first kappa shape index (κ1) is 14.1. The van der Waals surface area contributed by atoms with Gasteiger partial charge < -0.3 is 10.5 Å². The highest BCUT2D eigenvalue weighted by molar-refractivity contribution is 5.99. The summed E-state index contributed by atoms with van der Waals surface area (Å²) in [4.78, 5) is 12.4. The zero-order valence-corrected chi connectivity index (χ0v) is 12.1. The summed E-state index contributed by atoms with van der Waals surface area (Å²) in [5.41, 5.74) is 9.99. The highest BCUT2D eigenvalue weighted by Crippen LogP contribution is 2.23. The van der Waals surface area contributed by atoms with Crippen LogP contribution < -0.4 is 10.5 Å². The van der Waals surface area contributed by atoms with Crippen LogP contribution in [0, 0.1) is 13.8 Å². The molecule has 0 heterocycles. The molecule has 0 radical (unpaired) electrons. The van der Waals surface area contributed by atoms with Gasteiger partial charge in [-0.15, -0.1) is 0 Å². The lowest BCUT2D eigenvalue weighted by atomic mass is 9.97. The number of ether oxygens (including phenoxy) is 1. The number of methoxy groups -OCH3 is 1. The average Bonchev–Trinajstić information content (AvgIpc) is 2.40. The fraction of sp³-hybridized carbons (Fsp3) is 0.235. The lowest BCUT2D eigenvalue weighted by Crippen LogP contribution is -2.07. The summed E-state index contributed by atoms with van der Waals surface area (Å²) >= 11 is 0. The molecule has 0 spiro atoms. The second-order valence-electron chi connectivity index (χ2n) is 4.98. The highest BCUT2D eigenvalue weighted by Gasteiger charge is 2.13. The van der Waals surface area contributed by atoms with Gasteiger partial charge in [-0.2, -0.15) is 0 Å². The van der Waals surface area contributed by atoms with Gasteiger partial charge in [-0.25, -0.2) is 0 Å². The Labute approximate surface area is 119 Å². The van der Waals surface area contributed by atoms with E-state index in [2.05, 4.69) is 0 Å². The van der Waals surface area contributed by atoms with E-state index in [4.69, 9.17) is 10.5 Å². The Morgan fingerprint density at radius 3 is 2.55 bits per heavy atom. The van der Waals surface area contributed by atoms with Gasteiger partial charge in [0.1, 0.15) is 5.75 Å². The van der Waals surface area contributed by atoms with Gasteiger partial charge in [0.2, 0.25) is 0 Å². The molecule has 2 aromatic carbocycles. The molecule has 0 aliphatic carbocycles. The van der Waals surface area contributed by atoms with Crippen molar-refractivity contribution in [3.63, 3.8) is 0 Å². The molecule has 2 N–H and O–H groups in total. The zero-order chi connectivity index (χ0) is 14.7. The van der Waals surface area contributed by atoms with Crippen LogP contribution in [0.2, 0.25) is 0 Å². The molecule has 3 heteroatoms. The molecule has 2 rings (SSSR count). The maximum Gasteiger partial charge on any atom is 0.167 e. The van der Waals surface area contributed by atoms with Crippen molar-refractivity contribution in [3.8, 4) is 5.75 Å². The maximum atomic E-state index is 12.4. The van der Waals surface area contributed by atoms with Gasteiger partial charge in [-0.05, 0) is 54.8 Å². The predicted molar refractivity (Wildman–Crippen MR) is 81.4 cm³/mol. The van der Waals surface area contributed by atoms with Gasteiger partial charge in [0.15, 0.2) is 5.78 Å². The summed E-state index contributed by atoms with van der Waals surface area (Å²) in [5.74, 6) is 0.904. The largest absolute Gasteiger partial charge is 0.496 e. The first-order valence-corrected chi connectivity index (χ1v) is 6.54. The Hall–Kier alpha value is -2.29. The molecule has 0 unspecified atom stereocenters. The van der Waals surface area contributed by atoms with Gasteiger partial charge in [0, 0.05) is 17.7 Å². The Morgan fingerprint density at radius 1 is 1.15 bits per heavy atom. The number of hydrogen-bond donors (Lipinski definition) is 1.